The lowest BCUT2D eigenvalue weighted by atomic mass is 10.1. The van der Waals surface area contributed by atoms with Crippen LogP contribution in [0.2, 0.25) is 0 Å². The predicted octanol–water partition coefficient (Wildman–Crippen LogP) is 2.39. The maximum absolute atomic E-state index is 12.3. The fourth-order valence-corrected chi connectivity index (χ4v) is 3.12. The van der Waals surface area contributed by atoms with Gasteiger partial charge in [0, 0.05) is 18.9 Å². The first-order valence-corrected chi connectivity index (χ1v) is 7.94. The number of pyridine rings is 1. The molecule has 0 saturated heterocycles. The van der Waals surface area contributed by atoms with Crippen LogP contribution in [-0.2, 0) is 24.7 Å². The standard InChI is InChI=1S/C18H18N4O2/c1-11-15-9-14(10-19-18(15)22(2)21-11)20-17(23)8-12-3-4-16-13(7-12)5-6-24-16/h3-4,7,9-10H,5-6,8H2,1-2H3,(H,20,23). The molecule has 3 aromatic rings. The second-order valence-electron chi connectivity index (χ2n) is 6.07. The highest BCUT2D eigenvalue weighted by Gasteiger charge is 2.14. The molecule has 1 aromatic carbocycles. The van der Waals surface area contributed by atoms with E-state index in [1.807, 2.05) is 32.2 Å². The zero-order chi connectivity index (χ0) is 16.7. The van der Waals surface area contributed by atoms with Crippen molar-refractivity contribution in [2.45, 2.75) is 19.8 Å². The van der Waals surface area contributed by atoms with Gasteiger partial charge in [0.2, 0.25) is 5.91 Å². The molecule has 1 aliphatic heterocycles. The lowest BCUT2D eigenvalue weighted by Gasteiger charge is -2.07. The van der Waals surface area contributed by atoms with Crippen molar-refractivity contribution in [1.29, 1.82) is 0 Å². The van der Waals surface area contributed by atoms with E-state index in [0.717, 1.165) is 41.1 Å². The summed E-state index contributed by atoms with van der Waals surface area (Å²) in [6, 6.07) is 7.85. The summed E-state index contributed by atoms with van der Waals surface area (Å²) in [4.78, 5) is 16.7. The molecule has 0 bridgehead atoms. The first-order chi connectivity index (χ1) is 11.6. The molecular weight excluding hydrogens is 304 g/mol. The Labute approximate surface area is 139 Å². The van der Waals surface area contributed by atoms with Crippen molar-refractivity contribution in [3.05, 3.63) is 47.3 Å². The first kappa shape index (κ1) is 14.7. The van der Waals surface area contributed by atoms with Crippen LogP contribution in [0.1, 0.15) is 16.8 Å². The maximum Gasteiger partial charge on any atom is 0.228 e. The lowest BCUT2D eigenvalue weighted by Crippen LogP contribution is -2.14. The van der Waals surface area contributed by atoms with E-state index >= 15 is 0 Å². The predicted molar refractivity (Wildman–Crippen MR) is 91.2 cm³/mol. The lowest BCUT2D eigenvalue weighted by molar-refractivity contribution is -0.115. The molecule has 0 atom stereocenters. The second kappa shape index (κ2) is 5.63. The number of carbonyl (C=O) groups is 1. The van der Waals surface area contributed by atoms with Gasteiger partial charge in [-0.15, -0.1) is 0 Å². The normalized spacial score (nSPS) is 12.9. The molecule has 24 heavy (non-hydrogen) atoms. The number of nitrogens with one attached hydrogen (secondary N) is 1. The van der Waals surface area contributed by atoms with Crippen LogP contribution < -0.4 is 10.1 Å². The van der Waals surface area contributed by atoms with Crippen molar-refractivity contribution in [3.63, 3.8) is 0 Å². The number of nitrogens with zero attached hydrogens (tertiary/aromatic N) is 3. The highest BCUT2D eigenvalue weighted by molar-refractivity contribution is 5.94. The third-order valence-electron chi connectivity index (χ3n) is 4.27. The van der Waals surface area contributed by atoms with Gasteiger partial charge < -0.3 is 10.1 Å². The number of rotatable bonds is 3. The topological polar surface area (TPSA) is 69.0 Å². The van der Waals surface area contributed by atoms with Gasteiger partial charge in [0.15, 0.2) is 5.65 Å². The van der Waals surface area contributed by atoms with Crippen molar-refractivity contribution in [2.24, 2.45) is 7.05 Å². The first-order valence-electron chi connectivity index (χ1n) is 7.94. The Morgan fingerprint density at radius 3 is 3.12 bits per heavy atom. The number of hydrogen-bond acceptors (Lipinski definition) is 4. The Morgan fingerprint density at radius 1 is 1.38 bits per heavy atom. The highest BCUT2D eigenvalue weighted by atomic mass is 16.5. The quantitative estimate of drug-likeness (QED) is 0.804. The van der Waals surface area contributed by atoms with Gasteiger partial charge in [-0.25, -0.2) is 4.98 Å². The second-order valence-corrected chi connectivity index (χ2v) is 6.07. The fraction of sp³-hybridized carbons (Fsp3) is 0.278. The van der Waals surface area contributed by atoms with Crippen molar-refractivity contribution in [3.8, 4) is 5.75 Å². The molecule has 0 saturated carbocycles. The average molecular weight is 322 g/mol. The molecule has 122 valence electrons. The summed E-state index contributed by atoms with van der Waals surface area (Å²) in [6.45, 7) is 2.66. The number of ether oxygens (including phenoxy) is 1. The van der Waals surface area contributed by atoms with Crippen molar-refractivity contribution < 1.29 is 9.53 Å². The van der Waals surface area contributed by atoms with Gasteiger partial charge >= 0.3 is 0 Å². The number of benzene rings is 1. The van der Waals surface area contributed by atoms with E-state index in [2.05, 4.69) is 21.5 Å². The zero-order valence-corrected chi connectivity index (χ0v) is 13.7. The van der Waals surface area contributed by atoms with Gasteiger partial charge in [-0.05, 0) is 30.2 Å². The largest absolute Gasteiger partial charge is 0.493 e. The molecule has 0 unspecified atom stereocenters. The maximum atomic E-state index is 12.3. The molecule has 3 heterocycles. The molecule has 4 rings (SSSR count). The SMILES string of the molecule is Cc1nn(C)c2ncc(NC(=O)Cc3ccc4c(c3)CCO4)cc12. The van der Waals surface area contributed by atoms with Crippen LogP contribution in [0.25, 0.3) is 11.0 Å². The van der Waals surface area contributed by atoms with Crippen LogP contribution >= 0.6 is 0 Å². The molecule has 0 aliphatic carbocycles. The number of aromatic nitrogens is 3. The van der Waals surface area contributed by atoms with Crippen molar-refractivity contribution in [1.82, 2.24) is 14.8 Å². The van der Waals surface area contributed by atoms with E-state index in [-0.39, 0.29) is 5.91 Å². The monoisotopic (exact) mass is 322 g/mol. The van der Waals surface area contributed by atoms with E-state index in [4.69, 9.17) is 4.74 Å². The number of anilines is 1. The van der Waals surface area contributed by atoms with Gasteiger partial charge in [0.05, 0.1) is 30.6 Å². The number of hydrogen-bond donors (Lipinski definition) is 1. The molecule has 6 heteroatoms. The van der Waals surface area contributed by atoms with E-state index in [1.54, 1.807) is 10.9 Å². The number of amides is 1. The Balaban J connectivity index is 1.50. The van der Waals surface area contributed by atoms with Crippen molar-refractivity contribution >= 4 is 22.6 Å². The van der Waals surface area contributed by atoms with E-state index in [0.29, 0.717) is 12.1 Å². The number of aryl methyl sites for hydroxylation is 2. The molecule has 1 amide bonds. The summed E-state index contributed by atoms with van der Waals surface area (Å²) < 4.78 is 7.23. The smallest absolute Gasteiger partial charge is 0.228 e. The van der Waals surface area contributed by atoms with E-state index in [9.17, 15) is 4.79 Å². The summed E-state index contributed by atoms with van der Waals surface area (Å²) in [5.74, 6) is 0.873. The minimum atomic E-state index is -0.0587. The Hall–Kier alpha value is -2.89. The van der Waals surface area contributed by atoms with Crippen LogP contribution in [0.4, 0.5) is 5.69 Å². The third-order valence-corrected chi connectivity index (χ3v) is 4.27. The van der Waals surface area contributed by atoms with Gasteiger partial charge in [-0.2, -0.15) is 5.10 Å². The van der Waals surface area contributed by atoms with E-state index in [1.165, 1.54) is 5.56 Å². The minimum Gasteiger partial charge on any atom is -0.493 e. The van der Waals surface area contributed by atoms with Crippen LogP contribution in [-0.4, -0.2) is 27.3 Å². The van der Waals surface area contributed by atoms with Gasteiger partial charge in [-0.3, -0.25) is 9.48 Å². The molecule has 6 nitrogen and oxygen atoms in total. The molecule has 0 radical (unpaired) electrons. The summed E-state index contributed by atoms with van der Waals surface area (Å²) in [6.07, 6.45) is 2.90. The number of fused-ring (bicyclic) bond motifs is 2. The molecule has 2 aromatic heterocycles. The Bertz CT molecular complexity index is 946. The van der Waals surface area contributed by atoms with Crippen LogP contribution in [0.5, 0.6) is 5.75 Å². The molecule has 1 aliphatic rings. The average Bonchev–Trinajstić information content (AvgIpc) is 3.12. The van der Waals surface area contributed by atoms with Crippen molar-refractivity contribution in [2.75, 3.05) is 11.9 Å². The zero-order valence-electron chi connectivity index (χ0n) is 13.7. The number of carbonyl (C=O) groups excluding carboxylic acids is 1. The summed E-state index contributed by atoms with van der Waals surface area (Å²) in [5.41, 5.74) is 4.56. The van der Waals surface area contributed by atoms with Crippen LogP contribution in [0.3, 0.4) is 0 Å². The summed E-state index contributed by atoms with van der Waals surface area (Å²) in [5, 5.41) is 8.21. The molecule has 0 spiro atoms. The van der Waals surface area contributed by atoms with Crippen LogP contribution in [0.15, 0.2) is 30.5 Å². The Morgan fingerprint density at radius 2 is 2.25 bits per heavy atom. The minimum absolute atomic E-state index is 0.0587. The fourth-order valence-electron chi connectivity index (χ4n) is 3.12. The van der Waals surface area contributed by atoms with Gasteiger partial charge in [-0.1, -0.05) is 12.1 Å². The highest BCUT2D eigenvalue weighted by Crippen LogP contribution is 2.26. The molecule has 1 N–H and O–H groups in total. The van der Waals surface area contributed by atoms with E-state index < -0.39 is 0 Å². The Kier molecular flexibility index (Phi) is 3.45. The summed E-state index contributed by atoms with van der Waals surface area (Å²) in [7, 11) is 1.86. The van der Waals surface area contributed by atoms with Gasteiger partial charge in [0.1, 0.15) is 5.75 Å². The third kappa shape index (κ3) is 2.60. The molecular formula is C18H18N4O2. The summed E-state index contributed by atoms with van der Waals surface area (Å²) >= 11 is 0. The van der Waals surface area contributed by atoms with Gasteiger partial charge in [0.25, 0.3) is 0 Å². The van der Waals surface area contributed by atoms with Crippen LogP contribution in [0, 0.1) is 6.92 Å². The molecule has 0 fully saturated rings.